The highest BCUT2D eigenvalue weighted by Gasteiger charge is 2.22. The van der Waals surface area contributed by atoms with Crippen LogP contribution in [0.1, 0.15) is 17.3 Å². The molecular formula is C10H12BrNO2. The van der Waals surface area contributed by atoms with Crippen LogP contribution >= 0.6 is 15.9 Å². The Bertz CT molecular complexity index is 326. The zero-order valence-electron chi connectivity index (χ0n) is 8.00. The van der Waals surface area contributed by atoms with Crippen LogP contribution in [0.5, 0.6) is 0 Å². The fourth-order valence-electron chi connectivity index (χ4n) is 1.41. The van der Waals surface area contributed by atoms with E-state index in [0.717, 1.165) is 29.1 Å². The highest BCUT2D eigenvalue weighted by atomic mass is 79.9. The van der Waals surface area contributed by atoms with Crippen molar-refractivity contribution in [2.75, 3.05) is 20.3 Å². The summed E-state index contributed by atoms with van der Waals surface area (Å²) in [7, 11) is 1.68. The van der Waals surface area contributed by atoms with Crippen molar-refractivity contribution in [3.8, 4) is 0 Å². The predicted octanol–water partition coefficient (Wildman–Crippen LogP) is 2.10. The number of halogens is 1. The molecule has 0 aromatic carbocycles. The number of pyridine rings is 1. The molecule has 4 heteroatoms. The van der Waals surface area contributed by atoms with Crippen LogP contribution < -0.4 is 0 Å². The molecule has 0 unspecified atom stereocenters. The molecule has 1 saturated heterocycles. The van der Waals surface area contributed by atoms with Crippen LogP contribution in [0.3, 0.4) is 0 Å². The summed E-state index contributed by atoms with van der Waals surface area (Å²) in [6.07, 6.45) is 0. The molecule has 0 amide bonds. The fraction of sp³-hybridized carbons (Fsp3) is 0.500. The van der Waals surface area contributed by atoms with Gasteiger partial charge in [0, 0.05) is 23.2 Å². The highest BCUT2D eigenvalue weighted by Crippen LogP contribution is 2.25. The summed E-state index contributed by atoms with van der Waals surface area (Å²) in [5.41, 5.74) is 2.06. The molecule has 0 bridgehead atoms. The van der Waals surface area contributed by atoms with E-state index >= 15 is 0 Å². The Morgan fingerprint density at radius 3 is 2.93 bits per heavy atom. The molecule has 0 radical (unpaired) electrons. The van der Waals surface area contributed by atoms with Gasteiger partial charge < -0.3 is 9.47 Å². The third-order valence-corrected chi connectivity index (χ3v) is 2.67. The van der Waals surface area contributed by atoms with E-state index in [0.29, 0.717) is 12.5 Å². The van der Waals surface area contributed by atoms with Crippen LogP contribution in [0.2, 0.25) is 0 Å². The van der Waals surface area contributed by atoms with Gasteiger partial charge in [-0.3, -0.25) is 4.98 Å². The number of ether oxygens (including phenoxy) is 2. The largest absolute Gasteiger partial charge is 0.380 e. The van der Waals surface area contributed by atoms with Gasteiger partial charge in [0.1, 0.15) is 0 Å². The number of hydrogen-bond donors (Lipinski definition) is 0. The first kappa shape index (κ1) is 10.1. The average molecular weight is 258 g/mol. The highest BCUT2D eigenvalue weighted by molar-refractivity contribution is 9.10. The minimum atomic E-state index is 0.461. The lowest BCUT2D eigenvalue weighted by Crippen LogP contribution is -2.26. The molecule has 1 aliphatic rings. The Kier molecular flexibility index (Phi) is 3.15. The Morgan fingerprint density at radius 1 is 1.57 bits per heavy atom. The molecule has 2 heterocycles. The fourth-order valence-corrected chi connectivity index (χ4v) is 1.91. The Labute approximate surface area is 91.6 Å². The second kappa shape index (κ2) is 4.38. The van der Waals surface area contributed by atoms with E-state index in [1.165, 1.54) is 0 Å². The molecule has 1 aliphatic heterocycles. The molecule has 1 aromatic heterocycles. The van der Waals surface area contributed by atoms with Crippen molar-refractivity contribution in [1.29, 1.82) is 0 Å². The second-order valence-corrected chi connectivity index (χ2v) is 4.28. The van der Waals surface area contributed by atoms with Crippen molar-refractivity contribution in [3.63, 3.8) is 0 Å². The Morgan fingerprint density at radius 2 is 2.36 bits per heavy atom. The summed E-state index contributed by atoms with van der Waals surface area (Å²) in [4.78, 5) is 4.51. The molecule has 0 aliphatic carbocycles. The van der Waals surface area contributed by atoms with Gasteiger partial charge in [0.15, 0.2) is 0 Å². The number of aromatic nitrogens is 1. The predicted molar refractivity (Wildman–Crippen MR) is 56.2 cm³/mol. The van der Waals surface area contributed by atoms with Crippen LogP contribution in [-0.4, -0.2) is 25.3 Å². The van der Waals surface area contributed by atoms with Crippen LogP contribution in [0.25, 0.3) is 0 Å². The second-order valence-electron chi connectivity index (χ2n) is 3.37. The van der Waals surface area contributed by atoms with E-state index in [9.17, 15) is 0 Å². The van der Waals surface area contributed by atoms with Crippen molar-refractivity contribution in [1.82, 2.24) is 4.98 Å². The van der Waals surface area contributed by atoms with Crippen LogP contribution in [0.4, 0.5) is 0 Å². The minimum Gasteiger partial charge on any atom is -0.380 e. The molecule has 2 rings (SSSR count). The van der Waals surface area contributed by atoms with Crippen molar-refractivity contribution in [3.05, 3.63) is 28.0 Å². The van der Waals surface area contributed by atoms with Gasteiger partial charge in [0.2, 0.25) is 0 Å². The van der Waals surface area contributed by atoms with Gasteiger partial charge in [-0.05, 0) is 12.1 Å². The first-order chi connectivity index (χ1) is 6.79. The van der Waals surface area contributed by atoms with Gasteiger partial charge in [-0.25, -0.2) is 0 Å². The van der Waals surface area contributed by atoms with Gasteiger partial charge in [0.25, 0.3) is 0 Å². The maximum Gasteiger partial charge on any atom is 0.0884 e. The van der Waals surface area contributed by atoms with Crippen molar-refractivity contribution in [2.45, 2.75) is 12.5 Å². The van der Waals surface area contributed by atoms with Crippen LogP contribution in [-0.2, 0) is 16.1 Å². The smallest absolute Gasteiger partial charge is 0.0884 e. The zero-order chi connectivity index (χ0) is 9.97. The molecule has 0 saturated carbocycles. The van der Waals surface area contributed by atoms with E-state index in [1.54, 1.807) is 7.11 Å². The molecule has 1 fully saturated rings. The first-order valence-corrected chi connectivity index (χ1v) is 5.32. The first-order valence-electron chi connectivity index (χ1n) is 4.52. The molecule has 3 nitrogen and oxygen atoms in total. The summed E-state index contributed by atoms with van der Waals surface area (Å²) < 4.78 is 11.3. The van der Waals surface area contributed by atoms with E-state index in [4.69, 9.17) is 9.47 Å². The number of methoxy groups -OCH3 is 1. The maximum atomic E-state index is 5.14. The lowest BCUT2D eigenvalue weighted by atomic mass is 10.0. The lowest BCUT2D eigenvalue weighted by Gasteiger charge is -2.25. The van der Waals surface area contributed by atoms with Crippen LogP contribution in [0, 0.1) is 0 Å². The molecule has 1 aromatic rings. The van der Waals surface area contributed by atoms with Crippen molar-refractivity contribution >= 4 is 15.9 Å². The Hall–Kier alpha value is -0.450. The molecule has 76 valence electrons. The summed E-state index contributed by atoms with van der Waals surface area (Å²) in [6, 6.07) is 4.03. The minimum absolute atomic E-state index is 0.461. The van der Waals surface area contributed by atoms with Crippen LogP contribution in [0.15, 0.2) is 16.6 Å². The van der Waals surface area contributed by atoms with E-state index in [1.807, 2.05) is 12.1 Å². The third kappa shape index (κ3) is 2.13. The number of hydrogen-bond acceptors (Lipinski definition) is 3. The third-order valence-electron chi connectivity index (χ3n) is 2.21. The standard InChI is InChI=1S/C10H12BrNO2/c1-13-6-9-2-8(11)3-10(12-9)7-4-14-5-7/h2-3,7H,4-6H2,1H3. The van der Waals surface area contributed by atoms with E-state index in [-0.39, 0.29) is 0 Å². The van der Waals surface area contributed by atoms with Crippen molar-refractivity contribution in [2.24, 2.45) is 0 Å². The van der Waals surface area contributed by atoms with Gasteiger partial charge in [-0.15, -0.1) is 0 Å². The maximum absolute atomic E-state index is 5.14. The molecule has 0 atom stereocenters. The van der Waals surface area contributed by atoms with Crippen molar-refractivity contribution < 1.29 is 9.47 Å². The lowest BCUT2D eigenvalue weighted by molar-refractivity contribution is 0.00650. The monoisotopic (exact) mass is 257 g/mol. The molecule has 0 spiro atoms. The van der Waals surface area contributed by atoms with Gasteiger partial charge in [0.05, 0.1) is 25.5 Å². The molecular weight excluding hydrogens is 246 g/mol. The topological polar surface area (TPSA) is 31.4 Å². The Balaban J connectivity index is 2.21. The summed E-state index contributed by atoms with van der Waals surface area (Å²) in [5.74, 6) is 0.461. The molecule has 0 N–H and O–H groups in total. The number of nitrogens with zero attached hydrogens (tertiary/aromatic N) is 1. The zero-order valence-corrected chi connectivity index (χ0v) is 9.58. The summed E-state index contributed by atoms with van der Waals surface area (Å²) in [5, 5.41) is 0. The van der Waals surface area contributed by atoms with Gasteiger partial charge in [-0.1, -0.05) is 15.9 Å². The van der Waals surface area contributed by atoms with E-state index in [2.05, 4.69) is 20.9 Å². The SMILES string of the molecule is COCc1cc(Br)cc(C2COC2)n1. The van der Waals surface area contributed by atoms with E-state index < -0.39 is 0 Å². The normalized spacial score (nSPS) is 16.7. The quantitative estimate of drug-likeness (QED) is 0.832. The number of rotatable bonds is 3. The summed E-state index contributed by atoms with van der Waals surface area (Å²) in [6.45, 7) is 2.13. The van der Waals surface area contributed by atoms with Gasteiger partial charge >= 0.3 is 0 Å². The average Bonchev–Trinajstić information content (AvgIpc) is 1.99. The molecule has 14 heavy (non-hydrogen) atoms. The van der Waals surface area contributed by atoms with Gasteiger partial charge in [-0.2, -0.15) is 0 Å². The summed E-state index contributed by atoms with van der Waals surface area (Å²) >= 11 is 3.47.